The smallest absolute Gasteiger partial charge is 0.327 e. The van der Waals surface area contributed by atoms with Gasteiger partial charge < -0.3 is 4.84 Å². The Morgan fingerprint density at radius 3 is 3.09 bits per heavy atom. The standard InChI is InChI=1S/C8H13NO2/c1-8-4-2-3-5-9(8)11-7(10)6-8/h2-6H2,1H3. The molecule has 0 aromatic heterocycles. The van der Waals surface area contributed by atoms with Crippen LogP contribution in [-0.4, -0.2) is 23.1 Å². The third-order valence-corrected chi connectivity index (χ3v) is 2.67. The molecule has 2 saturated heterocycles. The van der Waals surface area contributed by atoms with Crippen molar-refractivity contribution in [2.75, 3.05) is 6.54 Å². The SMILES string of the molecule is CC12CCCCN1OC(=O)C2. The highest BCUT2D eigenvalue weighted by atomic mass is 16.7. The summed E-state index contributed by atoms with van der Waals surface area (Å²) in [5.41, 5.74) is 0.0231. The van der Waals surface area contributed by atoms with Crippen molar-refractivity contribution in [1.82, 2.24) is 5.06 Å². The van der Waals surface area contributed by atoms with Crippen LogP contribution < -0.4 is 0 Å². The van der Waals surface area contributed by atoms with E-state index in [0.29, 0.717) is 6.42 Å². The number of hydrogen-bond donors (Lipinski definition) is 0. The average molecular weight is 155 g/mol. The van der Waals surface area contributed by atoms with Gasteiger partial charge in [0.1, 0.15) is 0 Å². The van der Waals surface area contributed by atoms with Crippen LogP contribution in [0.1, 0.15) is 32.6 Å². The minimum Gasteiger partial charge on any atom is -0.367 e. The molecule has 0 amide bonds. The van der Waals surface area contributed by atoms with E-state index in [-0.39, 0.29) is 11.5 Å². The molecule has 62 valence electrons. The molecule has 3 nitrogen and oxygen atoms in total. The van der Waals surface area contributed by atoms with E-state index >= 15 is 0 Å². The second-order valence-electron chi connectivity index (χ2n) is 3.70. The average Bonchev–Trinajstić information content (AvgIpc) is 2.22. The van der Waals surface area contributed by atoms with E-state index in [2.05, 4.69) is 6.92 Å². The maximum atomic E-state index is 11.0. The fourth-order valence-corrected chi connectivity index (χ4v) is 1.95. The number of piperidine rings is 1. The molecule has 2 heterocycles. The second-order valence-corrected chi connectivity index (χ2v) is 3.70. The first kappa shape index (κ1) is 7.10. The number of hydrogen-bond acceptors (Lipinski definition) is 3. The minimum absolute atomic E-state index is 0.0231. The predicted octanol–water partition coefficient (Wildman–Crippen LogP) is 1.09. The molecule has 0 aromatic carbocycles. The summed E-state index contributed by atoms with van der Waals surface area (Å²) in [4.78, 5) is 16.0. The quantitative estimate of drug-likeness (QED) is 0.524. The van der Waals surface area contributed by atoms with Gasteiger partial charge in [0.15, 0.2) is 0 Å². The fourth-order valence-electron chi connectivity index (χ4n) is 1.95. The molecule has 0 spiro atoms. The van der Waals surface area contributed by atoms with E-state index in [4.69, 9.17) is 4.84 Å². The minimum atomic E-state index is -0.0607. The molecule has 0 aromatic rings. The lowest BCUT2D eigenvalue weighted by molar-refractivity contribution is -0.190. The summed E-state index contributed by atoms with van der Waals surface area (Å²) in [5, 5.41) is 1.86. The van der Waals surface area contributed by atoms with E-state index in [0.717, 1.165) is 19.4 Å². The van der Waals surface area contributed by atoms with Crippen molar-refractivity contribution in [2.24, 2.45) is 0 Å². The van der Waals surface area contributed by atoms with Crippen molar-refractivity contribution in [2.45, 2.75) is 38.1 Å². The van der Waals surface area contributed by atoms with Crippen LogP contribution in [0.2, 0.25) is 0 Å². The van der Waals surface area contributed by atoms with Crippen LogP contribution in [0.15, 0.2) is 0 Å². The van der Waals surface area contributed by atoms with Gasteiger partial charge in [-0.2, -0.15) is 0 Å². The summed E-state index contributed by atoms with van der Waals surface area (Å²) < 4.78 is 0. The molecule has 0 saturated carbocycles. The van der Waals surface area contributed by atoms with Crippen molar-refractivity contribution in [1.29, 1.82) is 0 Å². The van der Waals surface area contributed by atoms with Gasteiger partial charge in [0.05, 0.1) is 12.0 Å². The number of carbonyl (C=O) groups is 1. The number of hydroxylamine groups is 2. The third kappa shape index (κ3) is 1.03. The Labute approximate surface area is 66.3 Å². The van der Waals surface area contributed by atoms with Crippen LogP contribution in [-0.2, 0) is 9.63 Å². The Morgan fingerprint density at radius 1 is 1.55 bits per heavy atom. The fraction of sp³-hybridized carbons (Fsp3) is 0.875. The Morgan fingerprint density at radius 2 is 2.36 bits per heavy atom. The zero-order valence-corrected chi connectivity index (χ0v) is 6.80. The summed E-state index contributed by atoms with van der Waals surface area (Å²) in [5.74, 6) is -0.0607. The van der Waals surface area contributed by atoms with Crippen molar-refractivity contribution < 1.29 is 9.63 Å². The molecule has 0 bridgehead atoms. The summed E-state index contributed by atoms with van der Waals surface area (Å²) in [6.07, 6.45) is 4.05. The summed E-state index contributed by atoms with van der Waals surface area (Å²) in [6, 6.07) is 0. The Hall–Kier alpha value is -0.570. The largest absolute Gasteiger partial charge is 0.367 e. The van der Waals surface area contributed by atoms with Gasteiger partial charge in [-0.3, -0.25) is 4.79 Å². The number of fused-ring (bicyclic) bond motifs is 1. The van der Waals surface area contributed by atoms with Crippen molar-refractivity contribution in [3.8, 4) is 0 Å². The van der Waals surface area contributed by atoms with Crippen LogP contribution in [0.5, 0.6) is 0 Å². The molecule has 1 unspecified atom stereocenters. The number of nitrogens with zero attached hydrogens (tertiary/aromatic N) is 1. The van der Waals surface area contributed by atoms with E-state index in [1.165, 1.54) is 6.42 Å². The Balaban J connectivity index is 2.17. The molecule has 11 heavy (non-hydrogen) atoms. The zero-order valence-electron chi connectivity index (χ0n) is 6.80. The lowest BCUT2D eigenvalue weighted by Crippen LogP contribution is -2.43. The molecule has 1 atom stereocenters. The van der Waals surface area contributed by atoms with Gasteiger partial charge in [0.25, 0.3) is 0 Å². The highest BCUT2D eigenvalue weighted by Crippen LogP contribution is 2.35. The van der Waals surface area contributed by atoms with Gasteiger partial charge in [0.2, 0.25) is 0 Å². The van der Waals surface area contributed by atoms with Gasteiger partial charge in [-0.15, -0.1) is 5.06 Å². The van der Waals surface area contributed by atoms with E-state index in [1.54, 1.807) is 0 Å². The van der Waals surface area contributed by atoms with Gasteiger partial charge in [-0.25, -0.2) is 0 Å². The highest BCUT2D eigenvalue weighted by molar-refractivity contribution is 5.72. The first-order chi connectivity index (χ1) is 5.21. The van der Waals surface area contributed by atoms with Crippen LogP contribution in [0.4, 0.5) is 0 Å². The summed E-state index contributed by atoms with van der Waals surface area (Å²) >= 11 is 0. The normalized spacial score (nSPS) is 38.5. The van der Waals surface area contributed by atoms with Gasteiger partial charge in [-0.1, -0.05) is 6.42 Å². The molecule has 0 radical (unpaired) electrons. The van der Waals surface area contributed by atoms with E-state index < -0.39 is 0 Å². The first-order valence-electron chi connectivity index (χ1n) is 4.19. The maximum Gasteiger partial charge on any atom is 0.327 e. The predicted molar refractivity (Wildman–Crippen MR) is 39.7 cm³/mol. The second kappa shape index (κ2) is 2.21. The van der Waals surface area contributed by atoms with E-state index in [1.807, 2.05) is 5.06 Å². The number of carbonyl (C=O) groups excluding carboxylic acids is 1. The topological polar surface area (TPSA) is 29.5 Å². The monoisotopic (exact) mass is 155 g/mol. The van der Waals surface area contributed by atoms with Gasteiger partial charge in [-0.05, 0) is 19.8 Å². The molecular weight excluding hydrogens is 142 g/mol. The van der Waals surface area contributed by atoms with Crippen LogP contribution >= 0.6 is 0 Å². The van der Waals surface area contributed by atoms with Gasteiger partial charge in [0, 0.05) is 6.54 Å². The molecule has 3 heteroatoms. The number of rotatable bonds is 0. The van der Waals surface area contributed by atoms with Gasteiger partial charge >= 0.3 is 5.97 Å². The third-order valence-electron chi connectivity index (χ3n) is 2.67. The van der Waals surface area contributed by atoms with Crippen LogP contribution in [0.3, 0.4) is 0 Å². The highest BCUT2D eigenvalue weighted by Gasteiger charge is 2.44. The lowest BCUT2D eigenvalue weighted by atomic mass is 9.88. The first-order valence-corrected chi connectivity index (χ1v) is 4.19. The Kier molecular flexibility index (Phi) is 1.42. The molecular formula is C8H13NO2. The zero-order chi connectivity index (χ0) is 7.90. The summed E-state index contributed by atoms with van der Waals surface area (Å²) in [7, 11) is 0. The molecule has 0 N–H and O–H groups in total. The van der Waals surface area contributed by atoms with Crippen molar-refractivity contribution in [3.05, 3.63) is 0 Å². The molecule has 2 rings (SSSR count). The molecule has 2 aliphatic heterocycles. The molecule has 0 aliphatic carbocycles. The van der Waals surface area contributed by atoms with Crippen molar-refractivity contribution in [3.63, 3.8) is 0 Å². The van der Waals surface area contributed by atoms with Crippen molar-refractivity contribution >= 4 is 5.97 Å². The molecule has 2 fully saturated rings. The molecule has 2 aliphatic rings. The maximum absolute atomic E-state index is 11.0. The Bertz CT molecular complexity index is 193. The van der Waals surface area contributed by atoms with E-state index in [9.17, 15) is 4.79 Å². The van der Waals surface area contributed by atoms with Crippen LogP contribution in [0.25, 0.3) is 0 Å². The van der Waals surface area contributed by atoms with Crippen LogP contribution in [0, 0.1) is 0 Å². The lowest BCUT2D eigenvalue weighted by Gasteiger charge is -2.35. The summed E-state index contributed by atoms with van der Waals surface area (Å²) in [6.45, 7) is 3.03.